The van der Waals surface area contributed by atoms with Crippen LogP contribution in [0.1, 0.15) is 56.0 Å². The third-order valence-electron chi connectivity index (χ3n) is 6.40. The van der Waals surface area contributed by atoms with Gasteiger partial charge in [-0.05, 0) is 29.7 Å². The van der Waals surface area contributed by atoms with Gasteiger partial charge in [-0.15, -0.1) is 0 Å². The first-order valence-corrected chi connectivity index (χ1v) is 11.6. The van der Waals surface area contributed by atoms with Gasteiger partial charge in [0, 0.05) is 37.7 Å². The summed E-state index contributed by atoms with van der Waals surface area (Å²) in [6.45, 7) is 4.94. The van der Waals surface area contributed by atoms with E-state index >= 15 is 0 Å². The second kappa shape index (κ2) is 9.93. The lowest BCUT2D eigenvalue weighted by atomic mass is 9.97. The molecule has 1 aliphatic heterocycles. The Morgan fingerprint density at radius 2 is 1.94 bits per heavy atom. The van der Waals surface area contributed by atoms with Crippen molar-refractivity contribution in [2.45, 2.75) is 51.4 Å². The first kappa shape index (κ1) is 24.5. The number of aromatic nitrogens is 3. The molecule has 0 aliphatic carbocycles. The molecule has 0 bridgehead atoms. The van der Waals surface area contributed by atoms with Gasteiger partial charge in [0.05, 0.1) is 24.0 Å². The zero-order valence-electron chi connectivity index (χ0n) is 20.2. The van der Waals surface area contributed by atoms with Gasteiger partial charge in [0.15, 0.2) is 0 Å². The molecule has 1 aliphatic rings. The van der Waals surface area contributed by atoms with Gasteiger partial charge >= 0.3 is 0 Å². The Morgan fingerprint density at radius 1 is 1.17 bits per heavy atom. The monoisotopic (exact) mass is 481 g/mol. The fourth-order valence-corrected chi connectivity index (χ4v) is 4.53. The molecular weight excluding hydrogens is 452 g/mol. The third kappa shape index (κ3) is 5.08. The van der Waals surface area contributed by atoms with Crippen molar-refractivity contribution in [1.29, 1.82) is 0 Å². The minimum atomic E-state index is -1.28. The average Bonchev–Trinajstić information content (AvgIpc) is 3.42. The molecule has 184 valence electrons. The van der Waals surface area contributed by atoms with Gasteiger partial charge in [0.25, 0.3) is 0 Å². The molecule has 4 rings (SSSR count). The number of amides is 2. The number of pyridine rings is 1. The maximum absolute atomic E-state index is 14.9. The number of carbonyl (C=O) groups excluding carboxylic acids is 2. The number of carbonyl (C=O) groups is 2. The van der Waals surface area contributed by atoms with Crippen LogP contribution in [-0.2, 0) is 16.6 Å². The number of aryl methyl sites for hydroxylation is 1. The van der Waals surface area contributed by atoms with Gasteiger partial charge in [-0.1, -0.05) is 38.1 Å². The van der Waals surface area contributed by atoms with Crippen LogP contribution < -0.4 is 5.32 Å². The van der Waals surface area contributed by atoms with Gasteiger partial charge < -0.3 is 10.2 Å². The molecule has 3 aromatic rings. The number of benzene rings is 1. The lowest BCUT2D eigenvalue weighted by Gasteiger charge is -2.26. The van der Waals surface area contributed by atoms with Crippen molar-refractivity contribution in [3.8, 4) is 11.3 Å². The summed E-state index contributed by atoms with van der Waals surface area (Å²) in [5.74, 6) is -1.53. The number of alkyl halides is 1. The Labute approximate surface area is 203 Å². The Bertz CT molecular complexity index is 1240. The predicted molar refractivity (Wildman–Crippen MR) is 128 cm³/mol. The molecule has 0 spiro atoms. The van der Waals surface area contributed by atoms with E-state index in [0.29, 0.717) is 16.8 Å². The summed E-state index contributed by atoms with van der Waals surface area (Å²) in [5, 5.41) is 7.12. The standard InChI is InChI=1S/C26H29F2N5O2/c1-15(2)20-8-9-21(30-25(20)28)24(31-26(35)23-13-19(27)14-33(23)16(3)34)18-7-5-6-17(12-18)22-10-11-29-32(22)4/h5-12,15,19,23-24H,13-14H2,1-4H3,(H,31,35). The van der Waals surface area contributed by atoms with E-state index in [1.807, 2.05) is 51.2 Å². The molecule has 0 radical (unpaired) electrons. The van der Waals surface area contributed by atoms with E-state index in [-0.39, 0.29) is 24.8 Å². The molecule has 1 N–H and O–H groups in total. The summed E-state index contributed by atoms with van der Waals surface area (Å²) in [4.78, 5) is 30.7. The van der Waals surface area contributed by atoms with Crippen molar-refractivity contribution < 1.29 is 18.4 Å². The highest BCUT2D eigenvalue weighted by atomic mass is 19.1. The molecule has 3 unspecified atom stereocenters. The molecular formula is C26H29F2N5O2. The van der Waals surface area contributed by atoms with Gasteiger partial charge in [-0.3, -0.25) is 14.3 Å². The molecule has 35 heavy (non-hydrogen) atoms. The summed E-state index contributed by atoms with van der Waals surface area (Å²) in [6, 6.07) is 10.9. The number of hydrogen-bond acceptors (Lipinski definition) is 4. The average molecular weight is 482 g/mol. The van der Waals surface area contributed by atoms with E-state index in [1.165, 1.54) is 11.8 Å². The maximum atomic E-state index is 14.9. The minimum Gasteiger partial charge on any atom is -0.342 e. The number of nitrogens with zero attached hydrogens (tertiary/aromatic N) is 4. The molecule has 2 amide bonds. The summed E-state index contributed by atoms with van der Waals surface area (Å²) in [5.41, 5.74) is 3.18. The van der Waals surface area contributed by atoms with Gasteiger partial charge in [-0.2, -0.15) is 9.49 Å². The second-order valence-electron chi connectivity index (χ2n) is 9.20. The largest absolute Gasteiger partial charge is 0.342 e. The van der Waals surface area contributed by atoms with Crippen molar-refractivity contribution in [2.75, 3.05) is 6.54 Å². The van der Waals surface area contributed by atoms with Crippen LogP contribution in [0.25, 0.3) is 11.3 Å². The van der Waals surface area contributed by atoms with Crippen LogP contribution >= 0.6 is 0 Å². The molecule has 3 heterocycles. The molecule has 1 saturated heterocycles. The van der Waals surface area contributed by atoms with Crippen molar-refractivity contribution in [1.82, 2.24) is 25.0 Å². The Kier molecular flexibility index (Phi) is 6.95. The zero-order valence-corrected chi connectivity index (χ0v) is 20.2. The van der Waals surface area contributed by atoms with E-state index < -0.39 is 30.1 Å². The number of halogens is 2. The number of hydrogen-bond donors (Lipinski definition) is 1. The summed E-state index contributed by atoms with van der Waals surface area (Å²) in [7, 11) is 1.83. The van der Waals surface area contributed by atoms with Crippen molar-refractivity contribution in [3.05, 3.63) is 71.4 Å². The van der Waals surface area contributed by atoms with E-state index in [1.54, 1.807) is 23.0 Å². The Morgan fingerprint density at radius 3 is 2.57 bits per heavy atom. The first-order valence-electron chi connectivity index (χ1n) is 11.6. The number of likely N-dealkylation sites (tertiary alicyclic amines) is 1. The van der Waals surface area contributed by atoms with Gasteiger partial charge in [-0.25, -0.2) is 9.37 Å². The molecule has 9 heteroatoms. The Hall–Kier alpha value is -3.62. The lowest BCUT2D eigenvalue weighted by molar-refractivity contribution is -0.137. The highest BCUT2D eigenvalue weighted by Gasteiger charge is 2.39. The van der Waals surface area contributed by atoms with Crippen LogP contribution in [0.2, 0.25) is 0 Å². The van der Waals surface area contributed by atoms with E-state index in [9.17, 15) is 18.4 Å². The summed E-state index contributed by atoms with van der Waals surface area (Å²) in [6.07, 6.45) is 0.329. The fraction of sp³-hybridized carbons (Fsp3) is 0.385. The third-order valence-corrected chi connectivity index (χ3v) is 6.40. The van der Waals surface area contributed by atoms with Crippen molar-refractivity contribution >= 4 is 11.8 Å². The summed E-state index contributed by atoms with van der Waals surface area (Å²) < 4.78 is 30.7. The van der Waals surface area contributed by atoms with Crippen LogP contribution in [0.15, 0.2) is 48.7 Å². The smallest absolute Gasteiger partial charge is 0.243 e. The first-order chi connectivity index (χ1) is 16.7. The van der Waals surface area contributed by atoms with Crippen molar-refractivity contribution in [2.24, 2.45) is 7.05 Å². The maximum Gasteiger partial charge on any atom is 0.243 e. The van der Waals surface area contributed by atoms with Crippen LogP contribution in [0.4, 0.5) is 8.78 Å². The summed E-state index contributed by atoms with van der Waals surface area (Å²) >= 11 is 0. The highest BCUT2D eigenvalue weighted by molar-refractivity contribution is 5.88. The number of rotatable bonds is 6. The number of nitrogens with one attached hydrogen (secondary N) is 1. The molecule has 7 nitrogen and oxygen atoms in total. The molecule has 3 atom stereocenters. The van der Waals surface area contributed by atoms with E-state index in [4.69, 9.17) is 0 Å². The molecule has 1 fully saturated rings. The van der Waals surface area contributed by atoms with Crippen molar-refractivity contribution in [3.63, 3.8) is 0 Å². The van der Waals surface area contributed by atoms with Crippen LogP contribution in [0.3, 0.4) is 0 Å². The van der Waals surface area contributed by atoms with Gasteiger partial charge in [0.1, 0.15) is 12.2 Å². The fourth-order valence-electron chi connectivity index (χ4n) is 4.53. The Balaban J connectivity index is 1.74. The molecule has 1 aromatic carbocycles. The quantitative estimate of drug-likeness (QED) is 0.542. The lowest BCUT2D eigenvalue weighted by Crippen LogP contribution is -2.46. The van der Waals surface area contributed by atoms with Crippen LogP contribution in [-0.4, -0.2) is 50.2 Å². The highest BCUT2D eigenvalue weighted by Crippen LogP contribution is 2.29. The zero-order chi connectivity index (χ0) is 25.3. The van der Waals surface area contributed by atoms with E-state index in [0.717, 1.165) is 11.3 Å². The van der Waals surface area contributed by atoms with Crippen LogP contribution in [0, 0.1) is 5.95 Å². The second-order valence-corrected chi connectivity index (χ2v) is 9.20. The SMILES string of the molecule is CC(=O)N1CC(F)CC1C(=O)NC(c1cccc(-c2ccnn2C)c1)c1ccc(C(C)C)c(F)n1. The predicted octanol–water partition coefficient (Wildman–Crippen LogP) is 3.91. The van der Waals surface area contributed by atoms with Gasteiger partial charge in [0.2, 0.25) is 17.8 Å². The topological polar surface area (TPSA) is 80.1 Å². The molecule has 0 saturated carbocycles. The molecule has 2 aromatic heterocycles. The minimum absolute atomic E-state index is 0.0538. The van der Waals surface area contributed by atoms with Crippen LogP contribution in [0.5, 0.6) is 0 Å². The van der Waals surface area contributed by atoms with E-state index in [2.05, 4.69) is 15.4 Å². The normalized spacial score (nSPS) is 18.7.